The number of fused-ring (bicyclic) bond motifs is 1. The van der Waals surface area contributed by atoms with Crippen LogP contribution in [-0.4, -0.2) is 46.4 Å². The lowest BCUT2D eigenvalue weighted by Gasteiger charge is -2.29. The highest BCUT2D eigenvalue weighted by Gasteiger charge is 2.36. The van der Waals surface area contributed by atoms with Gasteiger partial charge in [-0.15, -0.1) is 0 Å². The second-order valence-electron chi connectivity index (χ2n) is 8.29. The predicted octanol–water partition coefficient (Wildman–Crippen LogP) is 5.34. The lowest BCUT2D eigenvalue weighted by Crippen LogP contribution is -2.37. The summed E-state index contributed by atoms with van der Waals surface area (Å²) in [7, 11) is 0. The van der Waals surface area contributed by atoms with Gasteiger partial charge in [0.2, 0.25) is 0 Å². The molecule has 2 aromatic carbocycles. The van der Waals surface area contributed by atoms with Crippen LogP contribution in [0.25, 0.3) is 17.0 Å². The van der Waals surface area contributed by atoms with Crippen molar-refractivity contribution in [2.75, 3.05) is 31.2 Å². The van der Waals surface area contributed by atoms with Gasteiger partial charge < -0.3 is 9.64 Å². The molecule has 1 amide bonds. The number of aromatic nitrogens is 1. The summed E-state index contributed by atoms with van der Waals surface area (Å²) < 4.78 is 6.14. The van der Waals surface area contributed by atoms with E-state index < -0.39 is 0 Å². The van der Waals surface area contributed by atoms with Crippen LogP contribution >= 0.6 is 24.0 Å². The SMILES string of the molecule is Cc1cccc2cc(/C=C3\SC(=S)N(C(C)c4ccccc4)C3=O)c(N3CCOCC3)nc12. The summed E-state index contributed by atoms with van der Waals surface area (Å²) in [6.45, 7) is 6.98. The minimum atomic E-state index is -0.124. The van der Waals surface area contributed by atoms with E-state index in [4.69, 9.17) is 21.9 Å². The highest BCUT2D eigenvalue weighted by Crippen LogP contribution is 2.39. The Bertz CT molecular complexity index is 1250. The minimum Gasteiger partial charge on any atom is -0.378 e. The third-order valence-corrected chi connectivity index (χ3v) is 7.48. The molecule has 1 aromatic heterocycles. The van der Waals surface area contributed by atoms with Crippen LogP contribution < -0.4 is 4.90 Å². The first-order valence-electron chi connectivity index (χ1n) is 11.1. The molecule has 1 atom stereocenters. The number of thioether (sulfide) groups is 1. The van der Waals surface area contributed by atoms with E-state index in [0.29, 0.717) is 22.4 Å². The van der Waals surface area contributed by atoms with Crippen molar-refractivity contribution in [3.63, 3.8) is 0 Å². The number of carbonyl (C=O) groups excluding carboxylic acids is 1. The molecule has 2 aliphatic rings. The van der Waals surface area contributed by atoms with Crippen LogP contribution in [0.4, 0.5) is 5.82 Å². The highest BCUT2D eigenvalue weighted by atomic mass is 32.2. The fourth-order valence-corrected chi connectivity index (χ4v) is 5.73. The number of morpholine rings is 1. The minimum absolute atomic E-state index is 0.0568. The zero-order chi connectivity index (χ0) is 22.9. The molecule has 2 fully saturated rings. The van der Waals surface area contributed by atoms with E-state index in [1.165, 1.54) is 11.8 Å². The molecule has 5 rings (SSSR count). The van der Waals surface area contributed by atoms with Crippen LogP contribution in [0.1, 0.15) is 29.7 Å². The Morgan fingerprint density at radius 1 is 1.12 bits per heavy atom. The summed E-state index contributed by atoms with van der Waals surface area (Å²) in [6.07, 6.45) is 1.95. The van der Waals surface area contributed by atoms with Crippen molar-refractivity contribution in [2.45, 2.75) is 19.9 Å². The zero-order valence-electron chi connectivity index (χ0n) is 18.7. The molecule has 7 heteroatoms. The van der Waals surface area contributed by atoms with E-state index in [2.05, 4.69) is 30.0 Å². The van der Waals surface area contributed by atoms with Crippen LogP contribution in [0.2, 0.25) is 0 Å². The number of carbonyl (C=O) groups is 1. The molecule has 0 radical (unpaired) electrons. The number of anilines is 1. The summed E-state index contributed by atoms with van der Waals surface area (Å²) in [5, 5.41) is 1.06. The van der Waals surface area contributed by atoms with Crippen LogP contribution in [0.5, 0.6) is 0 Å². The lowest BCUT2D eigenvalue weighted by molar-refractivity contribution is -0.123. The predicted molar refractivity (Wildman–Crippen MR) is 139 cm³/mol. The van der Waals surface area contributed by atoms with Crippen LogP contribution in [0, 0.1) is 6.92 Å². The topological polar surface area (TPSA) is 45.7 Å². The number of nitrogens with zero attached hydrogens (tertiary/aromatic N) is 3. The molecule has 2 aliphatic heterocycles. The van der Waals surface area contributed by atoms with Crippen LogP contribution in [0.15, 0.2) is 59.5 Å². The average molecular weight is 476 g/mol. The summed E-state index contributed by atoms with van der Waals surface area (Å²) in [6, 6.07) is 18.2. The number of ether oxygens (including phenoxy) is 1. The number of benzene rings is 2. The molecule has 3 heterocycles. The smallest absolute Gasteiger partial charge is 0.266 e. The van der Waals surface area contributed by atoms with Gasteiger partial charge in [0.25, 0.3) is 5.91 Å². The van der Waals surface area contributed by atoms with Gasteiger partial charge in [0.05, 0.1) is 29.7 Å². The van der Waals surface area contributed by atoms with Crippen molar-refractivity contribution in [1.82, 2.24) is 9.88 Å². The van der Waals surface area contributed by atoms with Gasteiger partial charge in [-0.25, -0.2) is 4.98 Å². The number of hydrogen-bond donors (Lipinski definition) is 0. The molecule has 168 valence electrons. The number of rotatable bonds is 4. The molecule has 5 nitrogen and oxygen atoms in total. The maximum absolute atomic E-state index is 13.4. The molecule has 0 saturated carbocycles. The van der Waals surface area contributed by atoms with Gasteiger partial charge >= 0.3 is 0 Å². The maximum Gasteiger partial charge on any atom is 0.266 e. The monoisotopic (exact) mass is 475 g/mol. The Morgan fingerprint density at radius 3 is 2.64 bits per heavy atom. The summed E-state index contributed by atoms with van der Waals surface area (Å²) >= 11 is 6.99. The molecule has 1 unspecified atom stereocenters. The van der Waals surface area contributed by atoms with Crippen molar-refractivity contribution in [3.8, 4) is 0 Å². The molecule has 0 spiro atoms. The number of hydrogen-bond acceptors (Lipinski definition) is 6. The fourth-order valence-electron chi connectivity index (χ4n) is 4.32. The van der Waals surface area contributed by atoms with E-state index >= 15 is 0 Å². The van der Waals surface area contributed by atoms with Crippen molar-refractivity contribution in [2.24, 2.45) is 0 Å². The molecule has 3 aromatic rings. The second kappa shape index (κ2) is 9.25. The van der Waals surface area contributed by atoms with E-state index in [-0.39, 0.29) is 11.9 Å². The fraction of sp³-hybridized carbons (Fsp3) is 0.269. The first-order valence-corrected chi connectivity index (χ1v) is 12.3. The van der Waals surface area contributed by atoms with Gasteiger partial charge in [-0.05, 0) is 37.1 Å². The average Bonchev–Trinajstić information content (AvgIpc) is 3.12. The third kappa shape index (κ3) is 4.28. The largest absolute Gasteiger partial charge is 0.378 e. The first-order chi connectivity index (χ1) is 16.0. The first kappa shape index (κ1) is 22.1. The molecular weight excluding hydrogens is 450 g/mol. The number of thiocarbonyl (C=S) groups is 1. The Balaban J connectivity index is 1.55. The van der Waals surface area contributed by atoms with Crippen molar-refractivity contribution < 1.29 is 9.53 Å². The lowest BCUT2D eigenvalue weighted by atomic mass is 10.1. The van der Waals surface area contributed by atoms with Gasteiger partial charge in [0.15, 0.2) is 0 Å². The molecule has 0 aliphatic carbocycles. The Labute approximate surface area is 203 Å². The Hall–Kier alpha value is -2.74. The number of pyridine rings is 1. The second-order valence-corrected chi connectivity index (χ2v) is 9.96. The summed E-state index contributed by atoms with van der Waals surface area (Å²) in [4.78, 5) is 23.1. The van der Waals surface area contributed by atoms with E-state index in [0.717, 1.165) is 46.5 Å². The van der Waals surface area contributed by atoms with Gasteiger partial charge in [-0.3, -0.25) is 9.69 Å². The Morgan fingerprint density at radius 2 is 1.88 bits per heavy atom. The van der Waals surface area contributed by atoms with Gasteiger partial charge in [-0.2, -0.15) is 0 Å². The standard InChI is InChI=1S/C26H25N3O2S2/c1-17-7-6-10-20-15-21(24(27-23(17)20)28-11-13-31-14-12-28)16-22-25(30)29(26(32)33-22)18(2)19-8-4-3-5-9-19/h3-10,15-16,18H,11-14H2,1-2H3/b22-16-. The number of amides is 1. The number of para-hydroxylation sites is 1. The van der Waals surface area contributed by atoms with Crippen molar-refractivity contribution in [1.29, 1.82) is 0 Å². The quantitative estimate of drug-likeness (QED) is 0.375. The van der Waals surface area contributed by atoms with Gasteiger partial charge in [0, 0.05) is 24.0 Å². The highest BCUT2D eigenvalue weighted by molar-refractivity contribution is 8.26. The summed E-state index contributed by atoms with van der Waals surface area (Å²) in [5.74, 6) is 0.833. The molecule has 33 heavy (non-hydrogen) atoms. The van der Waals surface area contributed by atoms with Crippen molar-refractivity contribution >= 4 is 57.0 Å². The Kier molecular flexibility index (Phi) is 6.19. The van der Waals surface area contributed by atoms with Gasteiger partial charge in [0.1, 0.15) is 10.1 Å². The van der Waals surface area contributed by atoms with E-state index in [1.807, 2.05) is 49.4 Å². The normalized spacial score (nSPS) is 19.0. The molecule has 0 N–H and O–H groups in total. The maximum atomic E-state index is 13.4. The summed E-state index contributed by atoms with van der Waals surface area (Å²) in [5.41, 5.74) is 4.12. The molecular formula is C26H25N3O2S2. The zero-order valence-corrected chi connectivity index (χ0v) is 20.3. The molecule has 2 saturated heterocycles. The third-order valence-electron chi connectivity index (χ3n) is 6.15. The van der Waals surface area contributed by atoms with Gasteiger partial charge in [-0.1, -0.05) is 72.5 Å². The van der Waals surface area contributed by atoms with E-state index in [1.54, 1.807) is 4.90 Å². The van der Waals surface area contributed by atoms with Crippen molar-refractivity contribution in [3.05, 3.63) is 76.2 Å². The molecule has 0 bridgehead atoms. The van der Waals surface area contributed by atoms with Crippen LogP contribution in [0.3, 0.4) is 0 Å². The van der Waals surface area contributed by atoms with E-state index in [9.17, 15) is 4.79 Å². The number of aryl methyl sites for hydroxylation is 1. The van der Waals surface area contributed by atoms with Crippen LogP contribution in [-0.2, 0) is 9.53 Å².